The monoisotopic (exact) mass is 447 g/mol. The third-order valence-electron chi connectivity index (χ3n) is 4.50. The molecule has 0 fully saturated rings. The first kappa shape index (κ1) is 23.0. The van der Waals surface area contributed by atoms with Gasteiger partial charge in [-0.3, -0.25) is 14.9 Å². The van der Waals surface area contributed by atoms with Crippen LogP contribution in [0.4, 0.5) is 11.4 Å². The normalized spacial score (nSPS) is 10.3. The van der Waals surface area contributed by atoms with Crippen molar-refractivity contribution in [2.75, 3.05) is 10.6 Å². The van der Waals surface area contributed by atoms with Gasteiger partial charge in [0.25, 0.3) is 5.91 Å². The van der Waals surface area contributed by atoms with Crippen LogP contribution in [0.1, 0.15) is 29.8 Å². The molecule has 0 radical (unpaired) electrons. The van der Waals surface area contributed by atoms with E-state index in [1.54, 1.807) is 36.4 Å². The van der Waals surface area contributed by atoms with E-state index in [9.17, 15) is 9.59 Å². The van der Waals surface area contributed by atoms with Gasteiger partial charge in [0.1, 0.15) is 12.4 Å². The van der Waals surface area contributed by atoms with Gasteiger partial charge in [0.15, 0.2) is 5.11 Å². The molecule has 3 rings (SSSR count). The van der Waals surface area contributed by atoms with E-state index in [2.05, 4.69) is 16.0 Å². The first-order valence-electron chi connectivity index (χ1n) is 10.2. The molecular weight excluding hydrogens is 422 g/mol. The van der Waals surface area contributed by atoms with Gasteiger partial charge in [-0.2, -0.15) is 0 Å². The predicted octanol–water partition coefficient (Wildman–Crippen LogP) is 4.99. The molecule has 0 saturated carbocycles. The molecule has 3 N–H and O–H groups in total. The van der Waals surface area contributed by atoms with Crippen LogP contribution in [-0.2, 0) is 11.4 Å². The maximum absolute atomic E-state index is 12.5. The lowest BCUT2D eigenvalue weighted by molar-refractivity contribution is -0.118. The van der Waals surface area contributed by atoms with Crippen molar-refractivity contribution in [1.29, 1.82) is 0 Å². The summed E-state index contributed by atoms with van der Waals surface area (Å²) in [5, 5.41) is 8.62. The van der Waals surface area contributed by atoms with Crippen LogP contribution in [0.3, 0.4) is 0 Å². The highest BCUT2D eigenvalue weighted by atomic mass is 32.1. The van der Waals surface area contributed by atoms with Crippen LogP contribution in [0.5, 0.6) is 5.75 Å². The van der Waals surface area contributed by atoms with Crippen molar-refractivity contribution in [3.63, 3.8) is 0 Å². The Kier molecular flexibility index (Phi) is 7.94. The van der Waals surface area contributed by atoms with Crippen LogP contribution in [0, 0.1) is 5.92 Å². The summed E-state index contributed by atoms with van der Waals surface area (Å²) in [6, 6.07) is 23.8. The van der Waals surface area contributed by atoms with E-state index in [-0.39, 0.29) is 22.8 Å². The second-order valence-corrected chi connectivity index (χ2v) is 7.84. The quantitative estimate of drug-likeness (QED) is 0.445. The number of nitrogens with one attached hydrogen (secondary N) is 3. The molecule has 7 heteroatoms. The Hall–Kier alpha value is -3.71. The molecule has 0 aliphatic rings. The second-order valence-electron chi connectivity index (χ2n) is 7.43. The summed E-state index contributed by atoms with van der Waals surface area (Å²) in [6.07, 6.45) is 0. The molecule has 0 unspecified atom stereocenters. The first-order chi connectivity index (χ1) is 15.4. The van der Waals surface area contributed by atoms with Gasteiger partial charge in [0.2, 0.25) is 5.91 Å². The Bertz CT molecular complexity index is 1080. The van der Waals surface area contributed by atoms with Gasteiger partial charge in [-0.1, -0.05) is 50.2 Å². The minimum Gasteiger partial charge on any atom is -0.489 e. The van der Waals surface area contributed by atoms with Crippen LogP contribution in [-0.4, -0.2) is 16.9 Å². The van der Waals surface area contributed by atoms with Gasteiger partial charge in [-0.25, -0.2) is 0 Å². The molecule has 164 valence electrons. The fourth-order valence-electron chi connectivity index (χ4n) is 2.73. The summed E-state index contributed by atoms with van der Waals surface area (Å²) < 4.78 is 5.71. The van der Waals surface area contributed by atoms with Crippen LogP contribution < -0.4 is 20.7 Å². The SMILES string of the molecule is CC(C)C(=O)Nc1cccc(NC(=S)NC(=O)c2ccc(COc3ccccc3)cc2)c1. The van der Waals surface area contributed by atoms with E-state index >= 15 is 0 Å². The molecule has 0 spiro atoms. The largest absolute Gasteiger partial charge is 0.489 e. The average molecular weight is 448 g/mol. The fourth-order valence-corrected chi connectivity index (χ4v) is 2.95. The Labute approximate surface area is 193 Å². The number of anilines is 2. The van der Waals surface area contributed by atoms with Gasteiger partial charge >= 0.3 is 0 Å². The van der Waals surface area contributed by atoms with E-state index in [4.69, 9.17) is 17.0 Å². The van der Waals surface area contributed by atoms with Crippen LogP contribution in [0.25, 0.3) is 0 Å². The molecule has 6 nitrogen and oxygen atoms in total. The summed E-state index contributed by atoms with van der Waals surface area (Å²) in [4.78, 5) is 24.4. The molecule has 0 atom stereocenters. The minimum atomic E-state index is -0.317. The summed E-state index contributed by atoms with van der Waals surface area (Å²) in [5.41, 5.74) is 2.74. The Morgan fingerprint density at radius 1 is 0.875 bits per heavy atom. The molecule has 0 aliphatic carbocycles. The zero-order valence-electron chi connectivity index (χ0n) is 17.9. The highest BCUT2D eigenvalue weighted by Crippen LogP contribution is 2.16. The number of thiocarbonyl (C=S) groups is 1. The maximum Gasteiger partial charge on any atom is 0.257 e. The standard InChI is InChI=1S/C25H25N3O3S/c1-17(2)23(29)26-20-7-6-8-21(15-20)27-25(32)28-24(30)19-13-11-18(12-14-19)16-31-22-9-4-3-5-10-22/h3-15,17H,16H2,1-2H3,(H,26,29)(H2,27,28,30,32). The maximum atomic E-state index is 12.5. The van der Waals surface area contributed by atoms with Crippen LogP contribution >= 0.6 is 12.2 Å². The van der Waals surface area contributed by atoms with Crippen molar-refractivity contribution in [1.82, 2.24) is 5.32 Å². The lowest BCUT2D eigenvalue weighted by Gasteiger charge is -2.12. The van der Waals surface area contributed by atoms with E-state index in [0.717, 1.165) is 11.3 Å². The highest BCUT2D eigenvalue weighted by molar-refractivity contribution is 7.80. The molecule has 32 heavy (non-hydrogen) atoms. The number of carbonyl (C=O) groups excluding carboxylic acids is 2. The Balaban J connectivity index is 1.52. The number of benzene rings is 3. The van der Waals surface area contributed by atoms with E-state index in [0.29, 0.717) is 23.5 Å². The third kappa shape index (κ3) is 6.92. The number of carbonyl (C=O) groups is 2. The molecule has 0 aliphatic heterocycles. The van der Waals surface area contributed by atoms with Gasteiger partial charge in [0, 0.05) is 22.9 Å². The lowest BCUT2D eigenvalue weighted by Crippen LogP contribution is -2.34. The molecule has 0 aromatic heterocycles. The smallest absolute Gasteiger partial charge is 0.257 e. The molecule has 2 amide bonds. The highest BCUT2D eigenvalue weighted by Gasteiger charge is 2.10. The molecular formula is C25H25N3O3S. The topological polar surface area (TPSA) is 79.5 Å². The number of para-hydroxylation sites is 1. The number of rotatable bonds is 7. The Morgan fingerprint density at radius 2 is 1.53 bits per heavy atom. The minimum absolute atomic E-state index is 0.0735. The number of amides is 2. The fraction of sp³-hybridized carbons (Fsp3) is 0.160. The third-order valence-corrected chi connectivity index (χ3v) is 4.71. The van der Waals surface area contributed by atoms with Gasteiger partial charge in [0.05, 0.1) is 0 Å². The molecule has 0 bridgehead atoms. The van der Waals surface area contributed by atoms with Crippen molar-refractivity contribution in [3.8, 4) is 5.75 Å². The van der Waals surface area contributed by atoms with Crippen LogP contribution in [0.2, 0.25) is 0 Å². The zero-order valence-corrected chi connectivity index (χ0v) is 18.7. The molecule has 3 aromatic rings. The summed E-state index contributed by atoms with van der Waals surface area (Å²) >= 11 is 5.26. The van der Waals surface area contributed by atoms with Gasteiger partial charge in [-0.05, 0) is 60.2 Å². The Morgan fingerprint density at radius 3 is 2.19 bits per heavy atom. The van der Waals surface area contributed by atoms with Crippen molar-refractivity contribution in [2.45, 2.75) is 20.5 Å². The predicted molar refractivity (Wildman–Crippen MR) is 131 cm³/mol. The summed E-state index contributed by atoms with van der Waals surface area (Å²) in [7, 11) is 0. The number of hydrogen-bond donors (Lipinski definition) is 3. The molecule has 0 heterocycles. The first-order valence-corrected chi connectivity index (χ1v) is 10.6. The number of hydrogen-bond acceptors (Lipinski definition) is 4. The second kappa shape index (κ2) is 11.1. The van der Waals surface area contributed by atoms with Crippen molar-refractivity contribution >= 4 is 40.5 Å². The summed E-state index contributed by atoms with van der Waals surface area (Å²) in [5.74, 6) is 0.278. The van der Waals surface area contributed by atoms with Gasteiger partial charge in [-0.15, -0.1) is 0 Å². The van der Waals surface area contributed by atoms with Crippen molar-refractivity contribution in [2.24, 2.45) is 5.92 Å². The van der Waals surface area contributed by atoms with Crippen molar-refractivity contribution < 1.29 is 14.3 Å². The lowest BCUT2D eigenvalue weighted by atomic mass is 10.1. The van der Waals surface area contributed by atoms with Gasteiger partial charge < -0.3 is 15.4 Å². The molecule has 0 saturated heterocycles. The van der Waals surface area contributed by atoms with E-state index < -0.39 is 0 Å². The number of ether oxygens (including phenoxy) is 1. The zero-order chi connectivity index (χ0) is 22.9. The van der Waals surface area contributed by atoms with E-state index in [1.807, 2.05) is 56.3 Å². The molecule has 3 aromatic carbocycles. The van der Waals surface area contributed by atoms with E-state index in [1.165, 1.54) is 0 Å². The van der Waals surface area contributed by atoms with Crippen molar-refractivity contribution in [3.05, 3.63) is 90.0 Å². The average Bonchev–Trinajstić information content (AvgIpc) is 2.78. The van der Waals surface area contributed by atoms with Crippen LogP contribution in [0.15, 0.2) is 78.9 Å². The summed E-state index contributed by atoms with van der Waals surface area (Å²) in [6.45, 7) is 4.06.